The van der Waals surface area contributed by atoms with Gasteiger partial charge in [-0.05, 0) is 38.1 Å². The van der Waals surface area contributed by atoms with Gasteiger partial charge in [0, 0.05) is 11.6 Å². The van der Waals surface area contributed by atoms with Crippen molar-refractivity contribution in [1.82, 2.24) is 9.78 Å². The van der Waals surface area contributed by atoms with Crippen molar-refractivity contribution < 1.29 is 28.5 Å². The molecule has 3 rings (SSSR count). The maximum Gasteiger partial charge on any atom is 0.344 e. The van der Waals surface area contributed by atoms with Gasteiger partial charge in [-0.2, -0.15) is 0 Å². The summed E-state index contributed by atoms with van der Waals surface area (Å²) in [5.74, 6) is 1.36. The Labute approximate surface area is 181 Å². The van der Waals surface area contributed by atoms with Crippen molar-refractivity contribution in [3.8, 4) is 40.1 Å². The molecule has 0 amide bonds. The molecule has 0 fully saturated rings. The van der Waals surface area contributed by atoms with Crippen molar-refractivity contribution >= 4 is 5.97 Å². The summed E-state index contributed by atoms with van der Waals surface area (Å²) in [6, 6.07) is 13.3. The van der Waals surface area contributed by atoms with Crippen LogP contribution in [0.5, 0.6) is 23.1 Å². The Hall–Kier alpha value is -3.68. The Morgan fingerprint density at radius 1 is 0.968 bits per heavy atom. The number of methoxy groups -OCH3 is 3. The summed E-state index contributed by atoms with van der Waals surface area (Å²) in [5, 5.41) is 4.55. The molecule has 0 aliphatic carbocycles. The van der Waals surface area contributed by atoms with Gasteiger partial charge in [0.15, 0.2) is 18.1 Å². The molecule has 8 heteroatoms. The normalized spacial score (nSPS) is 10.5. The summed E-state index contributed by atoms with van der Waals surface area (Å²) in [6.45, 7) is 3.82. The fourth-order valence-electron chi connectivity index (χ4n) is 3.08. The number of aryl methyl sites for hydroxylation is 1. The van der Waals surface area contributed by atoms with Crippen LogP contribution in [-0.4, -0.2) is 50.3 Å². The van der Waals surface area contributed by atoms with E-state index in [0.717, 1.165) is 22.5 Å². The van der Waals surface area contributed by atoms with E-state index in [1.165, 1.54) is 0 Å². The number of nitrogens with zero attached hydrogens (tertiary/aromatic N) is 2. The molecule has 0 saturated carbocycles. The van der Waals surface area contributed by atoms with E-state index in [1.807, 2.05) is 43.3 Å². The second-order valence-corrected chi connectivity index (χ2v) is 6.62. The largest absolute Gasteiger partial charge is 0.493 e. The maximum absolute atomic E-state index is 11.7. The van der Waals surface area contributed by atoms with Crippen LogP contribution in [0.15, 0.2) is 42.5 Å². The van der Waals surface area contributed by atoms with Gasteiger partial charge in [0.1, 0.15) is 0 Å². The minimum Gasteiger partial charge on any atom is -0.493 e. The first-order chi connectivity index (χ1) is 15.0. The van der Waals surface area contributed by atoms with Crippen LogP contribution in [0.4, 0.5) is 0 Å². The van der Waals surface area contributed by atoms with Gasteiger partial charge < -0.3 is 23.7 Å². The van der Waals surface area contributed by atoms with Gasteiger partial charge in [0.2, 0.25) is 11.6 Å². The highest BCUT2D eigenvalue weighted by atomic mass is 16.6. The molecule has 8 nitrogen and oxygen atoms in total. The molecule has 0 aliphatic rings. The molecule has 0 N–H and O–H groups in total. The van der Waals surface area contributed by atoms with E-state index >= 15 is 0 Å². The first kappa shape index (κ1) is 22.0. The lowest BCUT2D eigenvalue weighted by Gasteiger charge is -2.15. The number of carbonyl (C=O) groups excluding carboxylic acids is 1. The third kappa shape index (κ3) is 4.91. The maximum atomic E-state index is 11.7. The van der Waals surface area contributed by atoms with Crippen LogP contribution in [0.25, 0.3) is 16.9 Å². The fraction of sp³-hybridized carbons (Fsp3) is 0.304. The Kier molecular flexibility index (Phi) is 7.02. The second-order valence-electron chi connectivity index (χ2n) is 6.62. The van der Waals surface area contributed by atoms with Crippen molar-refractivity contribution in [3.63, 3.8) is 0 Å². The average molecular weight is 426 g/mol. The van der Waals surface area contributed by atoms with E-state index in [1.54, 1.807) is 39.0 Å². The number of carbonyl (C=O) groups is 1. The molecule has 0 saturated heterocycles. The summed E-state index contributed by atoms with van der Waals surface area (Å²) in [7, 11) is 4.68. The summed E-state index contributed by atoms with van der Waals surface area (Å²) in [4.78, 5) is 11.7. The zero-order chi connectivity index (χ0) is 22.4. The molecular weight excluding hydrogens is 400 g/mol. The molecule has 1 aromatic heterocycles. The minimum atomic E-state index is -0.457. The first-order valence-electron chi connectivity index (χ1n) is 9.76. The Balaban J connectivity index is 2.09. The summed E-state index contributed by atoms with van der Waals surface area (Å²) in [6.07, 6.45) is 0. The van der Waals surface area contributed by atoms with Crippen LogP contribution in [-0.2, 0) is 9.53 Å². The molecule has 0 atom stereocenters. The predicted molar refractivity (Wildman–Crippen MR) is 116 cm³/mol. The van der Waals surface area contributed by atoms with E-state index in [4.69, 9.17) is 23.7 Å². The number of rotatable bonds is 9. The van der Waals surface area contributed by atoms with Crippen molar-refractivity contribution in [2.75, 3.05) is 34.5 Å². The number of hydrogen-bond donors (Lipinski definition) is 0. The zero-order valence-corrected chi connectivity index (χ0v) is 18.3. The van der Waals surface area contributed by atoms with E-state index in [-0.39, 0.29) is 19.1 Å². The van der Waals surface area contributed by atoms with Gasteiger partial charge >= 0.3 is 5.97 Å². The van der Waals surface area contributed by atoms with Crippen molar-refractivity contribution in [2.24, 2.45) is 0 Å². The molecule has 31 heavy (non-hydrogen) atoms. The quantitative estimate of drug-likeness (QED) is 0.481. The Morgan fingerprint density at radius 3 is 2.16 bits per heavy atom. The number of benzene rings is 2. The first-order valence-corrected chi connectivity index (χ1v) is 9.76. The van der Waals surface area contributed by atoms with Crippen LogP contribution in [0.1, 0.15) is 12.5 Å². The molecule has 0 unspecified atom stereocenters. The van der Waals surface area contributed by atoms with E-state index in [0.29, 0.717) is 17.2 Å². The van der Waals surface area contributed by atoms with Crippen molar-refractivity contribution in [3.05, 3.63) is 48.0 Å². The van der Waals surface area contributed by atoms with Crippen LogP contribution in [0.2, 0.25) is 0 Å². The van der Waals surface area contributed by atoms with E-state index in [9.17, 15) is 4.79 Å². The summed E-state index contributed by atoms with van der Waals surface area (Å²) >= 11 is 0. The van der Waals surface area contributed by atoms with Crippen LogP contribution < -0.4 is 18.9 Å². The molecule has 0 aliphatic heterocycles. The van der Waals surface area contributed by atoms with Crippen LogP contribution in [0, 0.1) is 6.92 Å². The Morgan fingerprint density at radius 2 is 1.61 bits per heavy atom. The lowest BCUT2D eigenvalue weighted by molar-refractivity contribution is -0.145. The molecule has 3 aromatic rings. The lowest BCUT2D eigenvalue weighted by Crippen LogP contribution is -2.14. The number of aromatic nitrogens is 2. The molecule has 0 spiro atoms. The third-order valence-electron chi connectivity index (χ3n) is 4.57. The topological polar surface area (TPSA) is 81.0 Å². The van der Waals surface area contributed by atoms with Gasteiger partial charge in [-0.3, -0.25) is 0 Å². The third-order valence-corrected chi connectivity index (χ3v) is 4.57. The SMILES string of the molecule is CCOC(=O)COc1cc(-c2cc(OC)c(OC)c(OC)c2)n(-c2ccc(C)cc2)n1. The Bertz CT molecular complexity index is 1020. The van der Waals surface area contributed by atoms with Gasteiger partial charge in [0.05, 0.1) is 39.3 Å². The standard InChI is InChI=1S/C23H26N2O6/c1-6-30-22(26)14-31-21-13-18(25(24-21)17-9-7-15(2)8-10-17)16-11-19(27-3)23(29-5)20(12-16)28-4/h7-13H,6,14H2,1-5H3. The molecule has 0 radical (unpaired) electrons. The molecule has 2 aromatic carbocycles. The second kappa shape index (κ2) is 9.88. The van der Waals surface area contributed by atoms with Crippen LogP contribution in [0.3, 0.4) is 0 Å². The highest BCUT2D eigenvalue weighted by Gasteiger charge is 2.19. The van der Waals surface area contributed by atoms with Crippen molar-refractivity contribution in [1.29, 1.82) is 0 Å². The van der Waals surface area contributed by atoms with Crippen LogP contribution >= 0.6 is 0 Å². The molecule has 1 heterocycles. The lowest BCUT2D eigenvalue weighted by atomic mass is 10.1. The monoisotopic (exact) mass is 426 g/mol. The van der Waals surface area contributed by atoms with Gasteiger partial charge in [-0.25, -0.2) is 9.48 Å². The molecular formula is C23H26N2O6. The predicted octanol–water partition coefficient (Wildman–Crippen LogP) is 3.82. The number of ether oxygens (including phenoxy) is 5. The molecule has 164 valence electrons. The zero-order valence-electron chi connectivity index (χ0n) is 18.3. The summed E-state index contributed by atoms with van der Waals surface area (Å²) < 4.78 is 28.6. The highest BCUT2D eigenvalue weighted by Crippen LogP contribution is 2.42. The van der Waals surface area contributed by atoms with Gasteiger partial charge in [-0.15, -0.1) is 5.10 Å². The average Bonchev–Trinajstić information content (AvgIpc) is 3.21. The van der Waals surface area contributed by atoms with Gasteiger partial charge in [0.25, 0.3) is 0 Å². The van der Waals surface area contributed by atoms with Gasteiger partial charge in [-0.1, -0.05) is 17.7 Å². The van der Waals surface area contributed by atoms with Crippen molar-refractivity contribution in [2.45, 2.75) is 13.8 Å². The van der Waals surface area contributed by atoms with E-state index in [2.05, 4.69) is 5.10 Å². The number of hydrogen-bond acceptors (Lipinski definition) is 7. The smallest absolute Gasteiger partial charge is 0.344 e. The molecule has 0 bridgehead atoms. The fourth-order valence-corrected chi connectivity index (χ4v) is 3.08. The highest BCUT2D eigenvalue weighted by molar-refractivity contribution is 5.72. The number of esters is 1. The minimum absolute atomic E-state index is 0.229. The van der Waals surface area contributed by atoms with E-state index < -0.39 is 5.97 Å². The summed E-state index contributed by atoms with van der Waals surface area (Å²) in [5.41, 5.74) is 3.46.